The van der Waals surface area contributed by atoms with Crippen molar-refractivity contribution in [3.63, 3.8) is 0 Å². The van der Waals surface area contributed by atoms with Gasteiger partial charge < -0.3 is 15.2 Å². The van der Waals surface area contributed by atoms with Crippen LogP contribution in [0.5, 0.6) is 0 Å². The van der Waals surface area contributed by atoms with E-state index in [2.05, 4.69) is 17.2 Å². The summed E-state index contributed by atoms with van der Waals surface area (Å²) in [4.78, 5) is 3.99. The van der Waals surface area contributed by atoms with Crippen LogP contribution in [0.3, 0.4) is 0 Å². The van der Waals surface area contributed by atoms with Crippen molar-refractivity contribution in [3.8, 4) is 0 Å². The van der Waals surface area contributed by atoms with Gasteiger partial charge in [-0.05, 0) is 31.0 Å². The summed E-state index contributed by atoms with van der Waals surface area (Å²) < 4.78 is 5.20. The minimum absolute atomic E-state index is 0.0665. The molecule has 0 saturated carbocycles. The molecule has 2 heterocycles. The SMILES string of the molecule is CC(Cc1ccncc1)NC1COCC1O. The first-order valence-electron chi connectivity index (χ1n) is 5.66. The Hall–Kier alpha value is -0.970. The summed E-state index contributed by atoms with van der Waals surface area (Å²) in [6.45, 7) is 3.16. The minimum atomic E-state index is -0.375. The fourth-order valence-electron chi connectivity index (χ4n) is 2.00. The number of ether oxygens (including phenoxy) is 1. The summed E-state index contributed by atoms with van der Waals surface area (Å²) in [5.41, 5.74) is 1.25. The van der Waals surface area contributed by atoms with Crippen LogP contribution in [-0.4, -0.2) is 41.5 Å². The molecule has 88 valence electrons. The monoisotopic (exact) mass is 222 g/mol. The highest BCUT2D eigenvalue weighted by molar-refractivity contribution is 5.11. The molecule has 0 amide bonds. The molecule has 1 aromatic heterocycles. The predicted molar refractivity (Wildman–Crippen MR) is 61.2 cm³/mol. The number of aliphatic hydroxyl groups excluding tert-OH is 1. The van der Waals surface area contributed by atoms with E-state index in [-0.39, 0.29) is 12.1 Å². The highest BCUT2D eigenvalue weighted by atomic mass is 16.5. The molecule has 0 spiro atoms. The van der Waals surface area contributed by atoms with Crippen molar-refractivity contribution in [2.24, 2.45) is 0 Å². The van der Waals surface area contributed by atoms with Gasteiger partial charge in [0.2, 0.25) is 0 Å². The van der Waals surface area contributed by atoms with E-state index in [0.29, 0.717) is 19.3 Å². The molecule has 1 aromatic rings. The maximum Gasteiger partial charge on any atom is 0.0948 e. The number of rotatable bonds is 4. The molecule has 0 radical (unpaired) electrons. The van der Waals surface area contributed by atoms with E-state index in [1.807, 2.05) is 12.1 Å². The summed E-state index contributed by atoms with van der Waals surface area (Å²) >= 11 is 0. The topological polar surface area (TPSA) is 54.4 Å². The lowest BCUT2D eigenvalue weighted by Gasteiger charge is -2.20. The molecule has 0 aliphatic carbocycles. The number of hydrogen-bond donors (Lipinski definition) is 2. The molecule has 1 fully saturated rings. The van der Waals surface area contributed by atoms with Gasteiger partial charge in [0.15, 0.2) is 0 Å². The third-order valence-electron chi connectivity index (χ3n) is 2.84. The van der Waals surface area contributed by atoms with Crippen molar-refractivity contribution in [2.75, 3.05) is 13.2 Å². The van der Waals surface area contributed by atoms with E-state index >= 15 is 0 Å². The van der Waals surface area contributed by atoms with Gasteiger partial charge in [-0.15, -0.1) is 0 Å². The number of nitrogens with one attached hydrogen (secondary N) is 1. The zero-order valence-corrected chi connectivity index (χ0v) is 9.47. The molecule has 4 heteroatoms. The quantitative estimate of drug-likeness (QED) is 0.772. The molecular weight excluding hydrogens is 204 g/mol. The molecule has 1 saturated heterocycles. The highest BCUT2D eigenvalue weighted by Crippen LogP contribution is 2.08. The Morgan fingerprint density at radius 3 is 2.88 bits per heavy atom. The lowest BCUT2D eigenvalue weighted by atomic mass is 10.1. The molecule has 1 aliphatic rings. The van der Waals surface area contributed by atoms with Crippen molar-refractivity contribution in [1.29, 1.82) is 0 Å². The maximum absolute atomic E-state index is 9.61. The van der Waals surface area contributed by atoms with Crippen LogP contribution in [0.1, 0.15) is 12.5 Å². The Bertz CT molecular complexity index is 318. The Kier molecular flexibility index (Phi) is 3.88. The van der Waals surface area contributed by atoms with Gasteiger partial charge in [0.25, 0.3) is 0 Å². The average molecular weight is 222 g/mol. The fraction of sp³-hybridized carbons (Fsp3) is 0.583. The lowest BCUT2D eigenvalue weighted by Crippen LogP contribution is -2.44. The molecule has 1 aliphatic heterocycles. The average Bonchev–Trinajstić information content (AvgIpc) is 2.66. The van der Waals surface area contributed by atoms with E-state index in [9.17, 15) is 5.11 Å². The number of aliphatic hydroxyl groups is 1. The van der Waals surface area contributed by atoms with Crippen molar-refractivity contribution >= 4 is 0 Å². The van der Waals surface area contributed by atoms with Crippen LogP contribution in [-0.2, 0) is 11.2 Å². The van der Waals surface area contributed by atoms with Crippen molar-refractivity contribution < 1.29 is 9.84 Å². The van der Waals surface area contributed by atoms with Crippen molar-refractivity contribution in [2.45, 2.75) is 31.5 Å². The fourth-order valence-corrected chi connectivity index (χ4v) is 2.00. The van der Waals surface area contributed by atoms with E-state index < -0.39 is 0 Å². The minimum Gasteiger partial charge on any atom is -0.389 e. The molecule has 2 N–H and O–H groups in total. The standard InChI is InChI=1S/C12H18N2O2/c1-9(6-10-2-4-13-5-3-10)14-11-7-16-8-12(11)15/h2-5,9,11-12,14-15H,6-8H2,1H3. The summed E-state index contributed by atoms with van der Waals surface area (Å²) in [7, 11) is 0. The normalized spacial score (nSPS) is 26.9. The van der Waals surface area contributed by atoms with Gasteiger partial charge in [-0.1, -0.05) is 0 Å². The Labute approximate surface area is 95.7 Å². The van der Waals surface area contributed by atoms with Crippen molar-refractivity contribution in [3.05, 3.63) is 30.1 Å². The first-order chi connectivity index (χ1) is 7.75. The van der Waals surface area contributed by atoms with Crippen molar-refractivity contribution in [1.82, 2.24) is 10.3 Å². The number of hydrogen-bond acceptors (Lipinski definition) is 4. The molecule has 16 heavy (non-hydrogen) atoms. The molecule has 2 rings (SSSR count). The maximum atomic E-state index is 9.61. The van der Waals surface area contributed by atoms with E-state index in [0.717, 1.165) is 6.42 Å². The third kappa shape index (κ3) is 3.01. The number of pyridine rings is 1. The summed E-state index contributed by atoms with van der Waals surface area (Å²) in [5.74, 6) is 0. The van der Waals surface area contributed by atoms with Gasteiger partial charge in [0.1, 0.15) is 0 Å². The van der Waals surface area contributed by atoms with Crippen LogP contribution in [0.15, 0.2) is 24.5 Å². The lowest BCUT2D eigenvalue weighted by molar-refractivity contribution is 0.121. The van der Waals surface area contributed by atoms with Gasteiger partial charge in [0.05, 0.1) is 25.4 Å². The summed E-state index contributed by atoms with van der Waals surface area (Å²) in [6.07, 6.45) is 4.16. The molecule has 0 bridgehead atoms. The first-order valence-corrected chi connectivity index (χ1v) is 5.66. The highest BCUT2D eigenvalue weighted by Gasteiger charge is 2.26. The molecule has 3 unspecified atom stereocenters. The number of nitrogens with zero attached hydrogens (tertiary/aromatic N) is 1. The second-order valence-electron chi connectivity index (χ2n) is 4.34. The molecule has 0 aromatic carbocycles. The zero-order chi connectivity index (χ0) is 11.4. The largest absolute Gasteiger partial charge is 0.389 e. The Morgan fingerprint density at radius 1 is 1.50 bits per heavy atom. The third-order valence-corrected chi connectivity index (χ3v) is 2.84. The second-order valence-corrected chi connectivity index (χ2v) is 4.34. The van der Waals surface area contributed by atoms with Gasteiger partial charge in [-0.3, -0.25) is 4.98 Å². The summed E-state index contributed by atoms with van der Waals surface area (Å²) in [5, 5.41) is 13.0. The van der Waals surface area contributed by atoms with E-state index in [1.165, 1.54) is 5.56 Å². The molecular formula is C12H18N2O2. The van der Waals surface area contributed by atoms with Gasteiger partial charge in [0, 0.05) is 18.4 Å². The van der Waals surface area contributed by atoms with Crippen LogP contribution >= 0.6 is 0 Å². The van der Waals surface area contributed by atoms with Gasteiger partial charge >= 0.3 is 0 Å². The van der Waals surface area contributed by atoms with E-state index in [4.69, 9.17) is 4.74 Å². The van der Waals surface area contributed by atoms with Gasteiger partial charge in [-0.25, -0.2) is 0 Å². The molecule has 4 nitrogen and oxygen atoms in total. The number of aromatic nitrogens is 1. The van der Waals surface area contributed by atoms with Crippen LogP contribution in [0.4, 0.5) is 0 Å². The first kappa shape index (κ1) is 11.5. The predicted octanol–water partition coefficient (Wildman–Crippen LogP) is 0.362. The van der Waals surface area contributed by atoms with E-state index in [1.54, 1.807) is 12.4 Å². The molecule has 3 atom stereocenters. The summed E-state index contributed by atoms with van der Waals surface area (Å²) in [6, 6.07) is 4.42. The Morgan fingerprint density at radius 2 is 2.25 bits per heavy atom. The van der Waals surface area contributed by atoms with Gasteiger partial charge in [-0.2, -0.15) is 0 Å². The van der Waals surface area contributed by atoms with Crippen LogP contribution < -0.4 is 5.32 Å². The smallest absolute Gasteiger partial charge is 0.0948 e. The van der Waals surface area contributed by atoms with Crippen LogP contribution in [0, 0.1) is 0 Å². The van der Waals surface area contributed by atoms with Crippen LogP contribution in [0.2, 0.25) is 0 Å². The van der Waals surface area contributed by atoms with Crippen LogP contribution in [0.25, 0.3) is 0 Å². The zero-order valence-electron chi connectivity index (χ0n) is 9.47. The Balaban J connectivity index is 1.82. The second kappa shape index (κ2) is 5.39.